The predicted octanol–water partition coefficient (Wildman–Crippen LogP) is 3.53. The molecule has 98 valence electrons. The summed E-state index contributed by atoms with van der Waals surface area (Å²) in [6, 6.07) is 5.05. The fourth-order valence-corrected chi connectivity index (χ4v) is 2.65. The Morgan fingerprint density at radius 3 is 2.78 bits per heavy atom. The van der Waals surface area contributed by atoms with Crippen molar-refractivity contribution in [2.24, 2.45) is 5.84 Å². The minimum atomic E-state index is -0.195. The van der Waals surface area contributed by atoms with Gasteiger partial charge in [0.05, 0.1) is 6.04 Å². The van der Waals surface area contributed by atoms with Gasteiger partial charge in [-0.3, -0.25) is 5.84 Å². The zero-order chi connectivity index (χ0) is 13.0. The van der Waals surface area contributed by atoms with Crippen molar-refractivity contribution < 1.29 is 4.39 Å². The van der Waals surface area contributed by atoms with E-state index in [0.29, 0.717) is 0 Å². The highest BCUT2D eigenvalue weighted by molar-refractivity contribution is 5.32. The first-order valence-electron chi connectivity index (χ1n) is 6.63. The van der Waals surface area contributed by atoms with E-state index in [1.54, 1.807) is 12.1 Å². The first kappa shape index (κ1) is 13.2. The molecule has 1 aromatic rings. The molecule has 0 amide bonds. The Bertz CT molecular complexity index is 420. The number of halogens is 1. The molecule has 1 unspecified atom stereocenters. The Morgan fingerprint density at radius 2 is 2.06 bits per heavy atom. The van der Waals surface area contributed by atoms with E-state index >= 15 is 0 Å². The van der Waals surface area contributed by atoms with Crippen LogP contribution in [-0.4, -0.2) is 0 Å². The van der Waals surface area contributed by atoms with Crippen LogP contribution in [0, 0.1) is 12.7 Å². The van der Waals surface area contributed by atoms with Crippen LogP contribution >= 0.6 is 0 Å². The van der Waals surface area contributed by atoms with Crippen LogP contribution in [0.5, 0.6) is 0 Å². The molecular weight excluding hydrogens is 227 g/mol. The summed E-state index contributed by atoms with van der Waals surface area (Å²) in [5.74, 6) is 5.48. The maximum Gasteiger partial charge on any atom is 0.123 e. The van der Waals surface area contributed by atoms with E-state index in [0.717, 1.165) is 24.0 Å². The number of nitrogens with one attached hydrogen (secondary N) is 1. The molecule has 2 rings (SSSR count). The van der Waals surface area contributed by atoms with E-state index < -0.39 is 0 Å². The van der Waals surface area contributed by atoms with Crippen LogP contribution in [0.2, 0.25) is 0 Å². The summed E-state index contributed by atoms with van der Waals surface area (Å²) in [5, 5.41) is 0. The van der Waals surface area contributed by atoms with Crippen molar-refractivity contribution in [3.8, 4) is 0 Å². The summed E-state index contributed by atoms with van der Waals surface area (Å²) in [6.45, 7) is 1.90. The summed E-state index contributed by atoms with van der Waals surface area (Å²) >= 11 is 0. The zero-order valence-corrected chi connectivity index (χ0v) is 10.9. The van der Waals surface area contributed by atoms with Gasteiger partial charge in [-0.2, -0.15) is 0 Å². The summed E-state index contributed by atoms with van der Waals surface area (Å²) in [5.41, 5.74) is 5.98. The molecule has 1 aromatic carbocycles. The molecule has 0 fully saturated rings. The molecule has 18 heavy (non-hydrogen) atoms. The quantitative estimate of drug-likeness (QED) is 0.488. The van der Waals surface area contributed by atoms with Gasteiger partial charge in [0.25, 0.3) is 0 Å². The lowest BCUT2D eigenvalue weighted by atomic mass is 9.94. The highest BCUT2D eigenvalue weighted by atomic mass is 19.1. The Labute approximate surface area is 108 Å². The second kappa shape index (κ2) is 6.12. The third-order valence-corrected chi connectivity index (χ3v) is 3.51. The van der Waals surface area contributed by atoms with E-state index in [1.165, 1.54) is 24.8 Å². The van der Waals surface area contributed by atoms with Gasteiger partial charge in [0.1, 0.15) is 5.82 Å². The first-order chi connectivity index (χ1) is 8.70. The molecule has 2 nitrogen and oxygen atoms in total. The molecule has 0 aliphatic heterocycles. The SMILES string of the molecule is Cc1cc(F)cc(C(NN)C2=CCCCCC2)c1. The molecule has 3 heteroatoms. The lowest BCUT2D eigenvalue weighted by molar-refractivity contribution is 0.580. The monoisotopic (exact) mass is 248 g/mol. The second-order valence-electron chi connectivity index (χ2n) is 5.04. The topological polar surface area (TPSA) is 38.0 Å². The third-order valence-electron chi connectivity index (χ3n) is 3.51. The van der Waals surface area contributed by atoms with Crippen LogP contribution in [0.25, 0.3) is 0 Å². The third kappa shape index (κ3) is 3.18. The molecule has 1 aliphatic carbocycles. The lowest BCUT2D eigenvalue weighted by Gasteiger charge is -2.20. The van der Waals surface area contributed by atoms with Crippen LogP contribution in [-0.2, 0) is 0 Å². The average Bonchev–Trinajstić information content (AvgIpc) is 2.58. The second-order valence-corrected chi connectivity index (χ2v) is 5.04. The molecule has 0 heterocycles. The van der Waals surface area contributed by atoms with Gasteiger partial charge in [0.2, 0.25) is 0 Å². The molecule has 0 aromatic heterocycles. The van der Waals surface area contributed by atoms with Crippen LogP contribution < -0.4 is 11.3 Å². The van der Waals surface area contributed by atoms with Gasteiger partial charge in [-0.15, -0.1) is 0 Å². The van der Waals surface area contributed by atoms with Gasteiger partial charge in [-0.25, -0.2) is 9.82 Å². The van der Waals surface area contributed by atoms with Crippen molar-refractivity contribution in [3.63, 3.8) is 0 Å². The summed E-state index contributed by atoms with van der Waals surface area (Å²) in [7, 11) is 0. The lowest BCUT2D eigenvalue weighted by Crippen LogP contribution is -2.29. The molecule has 0 bridgehead atoms. The highest BCUT2D eigenvalue weighted by Crippen LogP contribution is 2.29. The van der Waals surface area contributed by atoms with Gasteiger partial charge in [0.15, 0.2) is 0 Å². The number of hydrogen-bond donors (Lipinski definition) is 2. The summed E-state index contributed by atoms with van der Waals surface area (Å²) < 4.78 is 13.5. The van der Waals surface area contributed by atoms with Crippen molar-refractivity contribution in [2.75, 3.05) is 0 Å². The van der Waals surface area contributed by atoms with Gasteiger partial charge < -0.3 is 0 Å². The normalized spacial score (nSPS) is 18.1. The zero-order valence-electron chi connectivity index (χ0n) is 10.9. The maximum absolute atomic E-state index is 13.5. The van der Waals surface area contributed by atoms with Crippen molar-refractivity contribution >= 4 is 0 Å². The van der Waals surface area contributed by atoms with Crippen molar-refractivity contribution in [2.45, 2.75) is 45.1 Å². The number of benzene rings is 1. The molecule has 1 atom stereocenters. The molecule has 1 aliphatic rings. The van der Waals surface area contributed by atoms with E-state index in [4.69, 9.17) is 5.84 Å². The number of hydrazine groups is 1. The minimum absolute atomic E-state index is 0.0579. The van der Waals surface area contributed by atoms with E-state index in [-0.39, 0.29) is 11.9 Å². The average molecular weight is 248 g/mol. The molecule has 0 radical (unpaired) electrons. The van der Waals surface area contributed by atoms with Crippen LogP contribution in [0.4, 0.5) is 4.39 Å². The molecule has 0 spiro atoms. The largest absolute Gasteiger partial charge is 0.271 e. The van der Waals surface area contributed by atoms with Crippen molar-refractivity contribution in [1.82, 2.24) is 5.43 Å². The van der Waals surface area contributed by atoms with Crippen LogP contribution in [0.15, 0.2) is 29.8 Å². The van der Waals surface area contributed by atoms with Gasteiger partial charge in [-0.05, 0) is 55.9 Å². The Morgan fingerprint density at radius 1 is 1.22 bits per heavy atom. The molecule has 3 N–H and O–H groups in total. The van der Waals surface area contributed by atoms with Crippen molar-refractivity contribution in [3.05, 3.63) is 46.8 Å². The Hall–Kier alpha value is -1.19. The number of rotatable bonds is 3. The number of nitrogens with two attached hydrogens (primary N) is 1. The van der Waals surface area contributed by atoms with Gasteiger partial charge in [-0.1, -0.05) is 24.1 Å². The number of hydrogen-bond acceptors (Lipinski definition) is 2. The molecule has 0 saturated heterocycles. The molecule has 0 saturated carbocycles. The van der Waals surface area contributed by atoms with E-state index in [1.807, 2.05) is 13.0 Å². The van der Waals surface area contributed by atoms with E-state index in [2.05, 4.69) is 11.5 Å². The Balaban J connectivity index is 2.29. The Kier molecular flexibility index (Phi) is 4.50. The fraction of sp³-hybridized carbons (Fsp3) is 0.467. The number of aryl methyl sites for hydroxylation is 1. The van der Waals surface area contributed by atoms with Gasteiger partial charge in [0, 0.05) is 0 Å². The minimum Gasteiger partial charge on any atom is -0.271 e. The smallest absolute Gasteiger partial charge is 0.123 e. The summed E-state index contributed by atoms with van der Waals surface area (Å²) in [4.78, 5) is 0. The highest BCUT2D eigenvalue weighted by Gasteiger charge is 2.17. The van der Waals surface area contributed by atoms with Crippen LogP contribution in [0.1, 0.15) is 49.3 Å². The predicted molar refractivity (Wildman–Crippen MR) is 72.4 cm³/mol. The molecular formula is C15H21FN2. The first-order valence-corrected chi connectivity index (χ1v) is 6.63. The summed E-state index contributed by atoms with van der Waals surface area (Å²) in [6.07, 6.45) is 8.10. The standard InChI is InChI=1S/C15H21FN2/c1-11-8-13(10-14(16)9-11)15(18-17)12-6-4-2-3-5-7-12/h6,8-10,15,18H,2-5,7,17H2,1H3. The van der Waals surface area contributed by atoms with Crippen molar-refractivity contribution in [1.29, 1.82) is 0 Å². The number of allylic oxidation sites excluding steroid dienone is 1. The van der Waals surface area contributed by atoms with Crippen LogP contribution in [0.3, 0.4) is 0 Å². The van der Waals surface area contributed by atoms with E-state index in [9.17, 15) is 4.39 Å². The maximum atomic E-state index is 13.5. The van der Waals surface area contributed by atoms with Gasteiger partial charge >= 0.3 is 0 Å². The fourth-order valence-electron chi connectivity index (χ4n) is 2.65.